The van der Waals surface area contributed by atoms with Gasteiger partial charge in [-0.05, 0) is 12.5 Å². The van der Waals surface area contributed by atoms with E-state index >= 15 is 0 Å². The zero-order valence-electron chi connectivity index (χ0n) is 15.4. The van der Waals surface area contributed by atoms with Crippen LogP contribution in [0.15, 0.2) is 29.1 Å². The maximum absolute atomic E-state index is 12.9. The molecule has 26 heavy (non-hydrogen) atoms. The van der Waals surface area contributed by atoms with E-state index in [0.717, 1.165) is 19.3 Å². The first kappa shape index (κ1) is 19.6. The number of rotatable bonds is 8. The molecule has 1 amide bonds. The van der Waals surface area contributed by atoms with Gasteiger partial charge < -0.3 is 10.0 Å². The molecule has 0 saturated heterocycles. The van der Waals surface area contributed by atoms with Crippen molar-refractivity contribution in [2.75, 3.05) is 13.6 Å². The standard InChI is InChI=1S/C19H25N3O4/c1-4-5-8-11-22-17(23)15-10-7-6-9-14(15)16(20-22)18(24)21(3)12-13(2)19(25)26/h6-7,9-10,13H,4-5,8,11-12H2,1-3H3,(H,25,26). The lowest BCUT2D eigenvalue weighted by atomic mass is 10.1. The highest BCUT2D eigenvalue weighted by Gasteiger charge is 2.23. The number of aliphatic carboxylic acids is 1. The van der Waals surface area contributed by atoms with E-state index < -0.39 is 17.8 Å². The fourth-order valence-corrected chi connectivity index (χ4v) is 2.81. The number of carbonyl (C=O) groups excluding carboxylic acids is 1. The summed E-state index contributed by atoms with van der Waals surface area (Å²) in [7, 11) is 1.55. The number of hydrogen-bond donors (Lipinski definition) is 1. The fourth-order valence-electron chi connectivity index (χ4n) is 2.81. The second-order valence-electron chi connectivity index (χ2n) is 6.55. The Morgan fingerprint density at radius 1 is 1.23 bits per heavy atom. The molecule has 140 valence electrons. The molecule has 1 N–H and O–H groups in total. The predicted molar refractivity (Wildman–Crippen MR) is 99.3 cm³/mol. The number of carbonyl (C=O) groups is 2. The Kier molecular flexibility index (Phi) is 6.49. The van der Waals surface area contributed by atoms with Crippen molar-refractivity contribution in [3.8, 4) is 0 Å². The van der Waals surface area contributed by atoms with Crippen LogP contribution in [-0.2, 0) is 11.3 Å². The highest BCUT2D eigenvalue weighted by Crippen LogP contribution is 2.16. The molecule has 0 aliphatic carbocycles. The first-order chi connectivity index (χ1) is 12.4. The van der Waals surface area contributed by atoms with Gasteiger partial charge in [-0.2, -0.15) is 5.10 Å². The van der Waals surface area contributed by atoms with Crippen molar-refractivity contribution in [2.45, 2.75) is 39.7 Å². The first-order valence-corrected chi connectivity index (χ1v) is 8.85. The molecule has 1 unspecified atom stereocenters. The minimum Gasteiger partial charge on any atom is -0.481 e. The number of hydrogen-bond acceptors (Lipinski definition) is 4. The molecular formula is C19H25N3O4. The molecule has 1 atom stereocenters. The Labute approximate surface area is 152 Å². The minimum absolute atomic E-state index is 0.0686. The molecule has 1 aromatic heterocycles. The number of aryl methyl sites for hydroxylation is 1. The summed E-state index contributed by atoms with van der Waals surface area (Å²) in [5.41, 5.74) is -0.0356. The highest BCUT2D eigenvalue weighted by atomic mass is 16.4. The zero-order chi connectivity index (χ0) is 19.3. The summed E-state index contributed by atoms with van der Waals surface area (Å²) < 4.78 is 1.35. The van der Waals surface area contributed by atoms with Crippen LogP contribution in [0.4, 0.5) is 0 Å². The molecule has 0 aliphatic rings. The van der Waals surface area contributed by atoms with Crippen molar-refractivity contribution in [3.63, 3.8) is 0 Å². The van der Waals surface area contributed by atoms with Gasteiger partial charge in [-0.3, -0.25) is 14.4 Å². The number of nitrogens with zero attached hydrogens (tertiary/aromatic N) is 3. The van der Waals surface area contributed by atoms with Gasteiger partial charge in [-0.25, -0.2) is 4.68 Å². The van der Waals surface area contributed by atoms with Crippen LogP contribution < -0.4 is 5.56 Å². The molecule has 0 radical (unpaired) electrons. The topological polar surface area (TPSA) is 92.5 Å². The molecule has 0 bridgehead atoms. The molecule has 1 heterocycles. The van der Waals surface area contributed by atoms with Crippen LogP contribution in [0.25, 0.3) is 10.8 Å². The van der Waals surface area contributed by atoms with Gasteiger partial charge in [0.2, 0.25) is 0 Å². The molecule has 7 heteroatoms. The van der Waals surface area contributed by atoms with E-state index in [1.54, 1.807) is 38.2 Å². The lowest BCUT2D eigenvalue weighted by Gasteiger charge is -2.20. The second kappa shape index (κ2) is 8.60. The van der Waals surface area contributed by atoms with E-state index in [0.29, 0.717) is 17.3 Å². The lowest BCUT2D eigenvalue weighted by Crippen LogP contribution is -2.36. The van der Waals surface area contributed by atoms with Crippen LogP contribution in [0.1, 0.15) is 43.6 Å². The number of fused-ring (bicyclic) bond motifs is 1. The van der Waals surface area contributed by atoms with Crippen molar-refractivity contribution in [3.05, 3.63) is 40.3 Å². The van der Waals surface area contributed by atoms with Crippen molar-refractivity contribution in [1.29, 1.82) is 0 Å². The summed E-state index contributed by atoms with van der Waals surface area (Å²) >= 11 is 0. The van der Waals surface area contributed by atoms with E-state index in [4.69, 9.17) is 5.11 Å². The summed E-state index contributed by atoms with van der Waals surface area (Å²) in [5, 5.41) is 14.3. The number of unbranched alkanes of at least 4 members (excludes halogenated alkanes) is 2. The molecule has 0 spiro atoms. The molecule has 0 saturated carbocycles. The van der Waals surface area contributed by atoms with Crippen LogP contribution in [0.3, 0.4) is 0 Å². The lowest BCUT2D eigenvalue weighted by molar-refractivity contribution is -0.141. The van der Waals surface area contributed by atoms with Gasteiger partial charge in [0.05, 0.1) is 11.3 Å². The van der Waals surface area contributed by atoms with E-state index in [2.05, 4.69) is 12.0 Å². The second-order valence-corrected chi connectivity index (χ2v) is 6.55. The number of amides is 1. The molecule has 2 rings (SSSR count). The average molecular weight is 359 g/mol. The fraction of sp³-hybridized carbons (Fsp3) is 0.474. The van der Waals surface area contributed by atoms with Gasteiger partial charge in [0.25, 0.3) is 11.5 Å². The summed E-state index contributed by atoms with van der Waals surface area (Å²) in [6.45, 7) is 4.14. The van der Waals surface area contributed by atoms with Crippen LogP contribution >= 0.6 is 0 Å². The van der Waals surface area contributed by atoms with Crippen LogP contribution in [-0.4, -0.2) is 45.3 Å². The summed E-state index contributed by atoms with van der Waals surface area (Å²) in [6.07, 6.45) is 2.80. The number of benzene rings is 1. The maximum Gasteiger partial charge on any atom is 0.308 e. The molecule has 7 nitrogen and oxygen atoms in total. The predicted octanol–water partition coefficient (Wildman–Crippen LogP) is 2.38. The number of carboxylic acid groups (broad SMARTS) is 1. The van der Waals surface area contributed by atoms with E-state index in [1.165, 1.54) is 9.58 Å². The normalized spacial score (nSPS) is 12.1. The smallest absolute Gasteiger partial charge is 0.308 e. The van der Waals surface area contributed by atoms with Gasteiger partial charge in [-0.15, -0.1) is 0 Å². The van der Waals surface area contributed by atoms with Crippen molar-refractivity contribution in [1.82, 2.24) is 14.7 Å². The third kappa shape index (κ3) is 4.28. The van der Waals surface area contributed by atoms with E-state index in [1.807, 2.05) is 0 Å². The van der Waals surface area contributed by atoms with Gasteiger partial charge in [-0.1, -0.05) is 44.9 Å². The third-order valence-corrected chi connectivity index (χ3v) is 4.36. The van der Waals surface area contributed by atoms with E-state index in [-0.39, 0.29) is 17.8 Å². The minimum atomic E-state index is -0.966. The summed E-state index contributed by atoms with van der Waals surface area (Å²) in [4.78, 5) is 37.9. The van der Waals surface area contributed by atoms with Crippen LogP contribution in [0, 0.1) is 5.92 Å². The number of carboxylic acids is 1. The average Bonchev–Trinajstić information content (AvgIpc) is 2.63. The van der Waals surface area contributed by atoms with Crippen molar-refractivity contribution < 1.29 is 14.7 Å². The Morgan fingerprint density at radius 2 is 1.88 bits per heavy atom. The SMILES string of the molecule is CCCCCn1nc(C(=O)N(C)CC(C)C(=O)O)c2ccccc2c1=O. The van der Waals surface area contributed by atoms with Gasteiger partial charge in [0, 0.05) is 25.5 Å². The molecule has 1 aromatic carbocycles. The zero-order valence-corrected chi connectivity index (χ0v) is 15.4. The summed E-state index contributed by atoms with van der Waals surface area (Å²) in [6, 6.07) is 6.89. The van der Waals surface area contributed by atoms with Gasteiger partial charge in [0.1, 0.15) is 0 Å². The Morgan fingerprint density at radius 3 is 2.50 bits per heavy atom. The quantitative estimate of drug-likeness (QED) is 0.731. The monoisotopic (exact) mass is 359 g/mol. The Bertz CT molecular complexity index is 859. The number of aromatic nitrogens is 2. The highest BCUT2D eigenvalue weighted by molar-refractivity contribution is 6.04. The molecule has 2 aromatic rings. The van der Waals surface area contributed by atoms with E-state index in [9.17, 15) is 14.4 Å². The molecule has 0 aliphatic heterocycles. The third-order valence-electron chi connectivity index (χ3n) is 4.36. The molecule has 0 fully saturated rings. The summed E-state index contributed by atoms with van der Waals surface area (Å²) in [5.74, 6) is -2.05. The maximum atomic E-state index is 12.9. The van der Waals surface area contributed by atoms with Crippen LogP contribution in [0.5, 0.6) is 0 Å². The van der Waals surface area contributed by atoms with Crippen molar-refractivity contribution >= 4 is 22.6 Å². The largest absolute Gasteiger partial charge is 0.481 e. The van der Waals surface area contributed by atoms with Crippen LogP contribution in [0.2, 0.25) is 0 Å². The van der Waals surface area contributed by atoms with Crippen molar-refractivity contribution in [2.24, 2.45) is 5.92 Å². The van der Waals surface area contributed by atoms with Gasteiger partial charge in [0.15, 0.2) is 5.69 Å². The molecular weight excluding hydrogens is 334 g/mol. The Balaban J connectivity index is 2.44. The first-order valence-electron chi connectivity index (χ1n) is 8.85. The Hall–Kier alpha value is -2.70. The van der Waals surface area contributed by atoms with Gasteiger partial charge >= 0.3 is 5.97 Å².